The van der Waals surface area contributed by atoms with Crippen LogP contribution in [0.2, 0.25) is 5.02 Å². The molecule has 0 radical (unpaired) electrons. The van der Waals surface area contributed by atoms with Crippen molar-refractivity contribution in [2.24, 2.45) is 0 Å². The third-order valence-electron chi connectivity index (χ3n) is 7.26. The van der Waals surface area contributed by atoms with E-state index in [0.717, 1.165) is 24.0 Å². The number of benzene rings is 2. The summed E-state index contributed by atoms with van der Waals surface area (Å²) in [6.45, 7) is 6.82. The zero-order valence-corrected chi connectivity index (χ0v) is 21.8. The molecule has 0 bridgehead atoms. The maximum atomic E-state index is 13.1. The molecular weight excluding hydrogens is 476 g/mol. The monoisotopic (exact) mass is 506 g/mol. The first-order valence-electron chi connectivity index (χ1n) is 12.7. The standard InChI is InChI=1S/C30H31ClO5/c1-4-34-26-15-20(14-21(31)30(26)35-16-19-12-11-17(2)18(3)13-19)27-28-22(32)7-5-9-24(28)36-25-10-6-8-23(33)29(25)27/h11-15,27H,4-10,16H2,1-3H3. The van der Waals surface area contributed by atoms with Crippen LogP contribution < -0.4 is 9.47 Å². The molecule has 0 saturated carbocycles. The lowest BCUT2D eigenvalue weighted by Gasteiger charge is -2.36. The first-order chi connectivity index (χ1) is 17.4. The van der Waals surface area contributed by atoms with Crippen molar-refractivity contribution in [2.45, 2.75) is 71.8 Å². The molecule has 0 unspecified atom stereocenters. The van der Waals surface area contributed by atoms with Crippen molar-refractivity contribution in [3.05, 3.63) is 80.3 Å². The molecule has 5 rings (SSSR count). The van der Waals surface area contributed by atoms with Crippen molar-refractivity contribution in [3.8, 4) is 11.5 Å². The van der Waals surface area contributed by atoms with E-state index in [-0.39, 0.29) is 11.6 Å². The van der Waals surface area contributed by atoms with E-state index < -0.39 is 5.92 Å². The number of allylic oxidation sites excluding steroid dienone is 4. The van der Waals surface area contributed by atoms with Crippen LogP contribution >= 0.6 is 11.6 Å². The number of halogens is 1. The first-order valence-corrected chi connectivity index (χ1v) is 13.1. The maximum Gasteiger partial charge on any atom is 0.180 e. The van der Waals surface area contributed by atoms with Crippen molar-refractivity contribution < 1.29 is 23.8 Å². The molecule has 6 heteroatoms. The zero-order valence-electron chi connectivity index (χ0n) is 21.0. The Bertz CT molecular complexity index is 1260. The number of hydrogen-bond acceptors (Lipinski definition) is 5. The minimum Gasteiger partial charge on any atom is -0.490 e. The number of aryl methyl sites for hydroxylation is 2. The van der Waals surface area contributed by atoms with E-state index in [9.17, 15) is 9.59 Å². The molecule has 0 spiro atoms. The average molecular weight is 507 g/mol. The summed E-state index contributed by atoms with van der Waals surface area (Å²) >= 11 is 6.80. The molecule has 5 nitrogen and oxygen atoms in total. The second kappa shape index (κ2) is 10.1. The van der Waals surface area contributed by atoms with Crippen LogP contribution in [0.1, 0.15) is 73.6 Å². The lowest BCUT2D eigenvalue weighted by atomic mass is 9.73. The molecule has 2 aliphatic carbocycles. The molecule has 3 aliphatic rings. The molecule has 0 saturated heterocycles. The van der Waals surface area contributed by atoms with Crippen molar-refractivity contribution in [1.29, 1.82) is 0 Å². The Morgan fingerprint density at radius 1 is 0.889 bits per heavy atom. The smallest absolute Gasteiger partial charge is 0.180 e. The number of ketones is 2. The number of Topliss-reactive ketones (excluding diaryl/α,β-unsaturated/α-hetero) is 2. The molecule has 0 atom stereocenters. The van der Waals surface area contributed by atoms with E-state index in [2.05, 4.69) is 26.0 Å². The zero-order chi connectivity index (χ0) is 25.4. The van der Waals surface area contributed by atoms with Gasteiger partial charge in [-0.05, 0) is 68.0 Å². The lowest BCUT2D eigenvalue weighted by Crippen LogP contribution is -2.30. The van der Waals surface area contributed by atoms with Gasteiger partial charge in [-0.1, -0.05) is 29.8 Å². The summed E-state index contributed by atoms with van der Waals surface area (Å²) in [5.74, 6) is 1.95. The fourth-order valence-corrected chi connectivity index (χ4v) is 5.63. The van der Waals surface area contributed by atoms with Crippen molar-refractivity contribution in [3.63, 3.8) is 0 Å². The van der Waals surface area contributed by atoms with Gasteiger partial charge in [-0.2, -0.15) is 0 Å². The second-order valence-corrected chi connectivity index (χ2v) is 10.1. The minimum absolute atomic E-state index is 0.0373. The number of carbonyl (C=O) groups is 2. The number of carbonyl (C=O) groups excluding carboxylic acids is 2. The predicted octanol–water partition coefficient (Wildman–Crippen LogP) is 7.06. The van der Waals surface area contributed by atoms with Crippen LogP contribution in [0.25, 0.3) is 0 Å². The number of ether oxygens (including phenoxy) is 3. The maximum absolute atomic E-state index is 13.1. The van der Waals surface area contributed by atoms with E-state index in [0.29, 0.717) is 78.1 Å². The molecule has 0 N–H and O–H groups in total. The molecule has 1 aliphatic heterocycles. The van der Waals surface area contributed by atoms with Crippen LogP contribution in [0.3, 0.4) is 0 Å². The summed E-state index contributed by atoms with van der Waals surface area (Å²) in [5, 5.41) is 0.391. The van der Waals surface area contributed by atoms with Gasteiger partial charge in [0.2, 0.25) is 0 Å². The predicted molar refractivity (Wildman–Crippen MR) is 138 cm³/mol. The minimum atomic E-state index is -0.491. The highest BCUT2D eigenvalue weighted by atomic mass is 35.5. The van der Waals surface area contributed by atoms with Crippen LogP contribution in [0.15, 0.2) is 53.0 Å². The van der Waals surface area contributed by atoms with Gasteiger partial charge in [0, 0.05) is 42.7 Å². The van der Waals surface area contributed by atoms with Gasteiger partial charge in [-0.15, -0.1) is 0 Å². The highest BCUT2D eigenvalue weighted by molar-refractivity contribution is 6.32. The summed E-state index contributed by atoms with van der Waals surface area (Å²) in [4.78, 5) is 26.2. The fraction of sp³-hybridized carbons (Fsp3) is 0.400. The lowest BCUT2D eigenvalue weighted by molar-refractivity contribution is -0.117. The molecule has 0 amide bonds. The van der Waals surface area contributed by atoms with Crippen LogP contribution in [0, 0.1) is 13.8 Å². The molecular formula is C30H31ClO5. The van der Waals surface area contributed by atoms with Gasteiger partial charge in [-0.25, -0.2) is 0 Å². The SMILES string of the molecule is CCOc1cc(C2C3=C(CCCC3=O)OC3=C2C(=O)CCC3)cc(Cl)c1OCc1ccc(C)c(C)c1. The molecule has 1 heterocycles. The van der Waals surface area contributed by atoms with E-state index in [4.69, 9.17) is 25.8 Å². The Morgan fingerprint density at radius 3 is 2.17 bits per heavy atom. The van der Waals surface area contributed by atoms with Crippen molar-refractivity contribution in [2.75, 3.05) is 6.61 Å². The quantitative estimate of drug-likeness (QED) is 0.419. The molecule has 2 aromatic carbocycles. The van der Waals surface area contributed by atoms with E-state index in [1.807, 2.05) is 25.1 Å². The Labute approximate surface area is 217 Å². The van der Waals surface area contributed by atoms with Gasteiger partial charge in [-0.3, -0.25) is 9.59 Å². The van der Waals surface area contributed by atoms with E-state index in [1.54, 1.807) is 0 Å². The summed E-state index contributed by atoms with van der Waals surface area (Å²) in [7, 11) is 0. The third kappa shape index (κ3) is 4.57. The van der Waals surface area contributed by atoms with Crippen molar-refractivity contribution in [1.82, 2.24) is 0 Å². The van der Waals surface area contributed by atoms with Gasteiger partial charge in [0.15, 0.2) is 23.1 Å². The fourth-order valence-electron chi connectivity index (χ4n) is 5.36. The Hall–Kier alpha value is -3.05. The Kier molecular flexibility index (Phi) is 6.94. The Morgan fingerprint density at radius 2 is 1.56 bits per heavy atom. The topological polar surface area (TPSA) is 61.8 Å². The van der Waals surface area contributed by atoms with Gasteiger partial charge in [0.05, 0.1) is 11.6 Å². The van der Waals surface area contributed by atoms with Crippen LogP contribution in [0.5, 0.6) is 11.5 Å². The average Bonchev–Trinajstić information content (AvgIpc) is 2.85. The van der Waals surface area contributed by atoms with E-state index in [1.165, 1.54) is 11.1 Å². The van der Waals surface area contributed by atoms with Crippen LogP contribution in [0.4, 0.5) is 0 Å². The number of rotatable bonds is 6. The Balaban J connectivity index is 1.56. The van der Waals surface area contributed by atoms with Crippen LogP contribution in [-0.2, 0) is 20.9 Å². The molecule has 0 fully saturated rings. The first kappa shape index (κ1) is 24.6. The molecule has 188 valence electrons. The normalized spacial score (nSPS) is 18.1. The molecule has 2 aromatic rings. The number of hydrogen-bond donors (Lipinski definition) is 0. The van der Waals surface area contributed by atoms with Gasteiger partial charge in [0.25, 0.3) is 0 Å². The highest BCUT2D eigenvalue weighted by Gasteiger charge is 2.42. The summed E-state index contributed by atoms with van der Waals surface area (Å²) < 4.78 is 18.3. The van der Waals surface area contributed by atoms with Gasteiger partial charge >= 0.3 is 0 Å². The summed E-state index contributed by atoms with van der Waals surface area (Å²) in [6.07, 6.45) is 3.84. The largest absolute Gasteiger partial charge is 0.490 e. The molecule has 0 aromatic heterocycles. The highest BCUT2D eigenvalue weighted by Crippen LogP contribution is 2.50. The van der Waals surface area contributed by atoms with Crippen molar-refractivity contribution >= 4 is 23.2 Å². The van der Waals surface area contributed by atoms with Gasteiger partial charge < -0.3 is 14.2 Å². The summed E-state index contributed by atoms with van der Waals surface area (Å²) in [5.41, 5.74) is 5.41. The molecule has 36 heavy (non-hydrogen) atoms. The van der Waals surface area contributed by atoms with E-state index >= 15 is 0 Å². The second-order valence-electron chi connectivity index (χ2n) is 9.73. The summed E-state index contributed by atoms with van der Waals surface area (Å²) in [6, 6.07) is 9.91. The third-order valence-corrected chi connectivity index (χ3v) is 7.54. The van der Waals surface area contributed by atoms with Crippen LogP contribution in [-0.4, -0.2) is 18.2 Å². The van der Waals surface area contributed by atoms with Gasteiger partial charge in [0.1, 0.15) is 18.1 Å².